The summed E-state index contributed by atoms with van der Waals surface area (Å²) in [4.78, 5) is 30.8. The second-order valence-electron chi connectivity index (χ2n) is 11.1. The van der Waals surface area contributed by atoms with Crippen LogP contribution in [0.2, 0.25) is 0 Å². The van der Waals surface area contributed by atoms with E-state index >= 15 is 0 Å². The Labute approximate surface area is 236 Å². The number of carbonyl (C=O) groups is 2. The molecule has 0 aromatic heterocycles. The van der Waals surface area contributed by atoms with Gasteiger partial charge in [0.25, 0.3) is 11.8 Å². The largest absolute Gasteiger partial charge is 0.348 e. The average Bonchev–Trinajstić information content (AvgIpc) is 2.95. The standard InChI is InChI=1S/C33H39F2N3O2/c1-23(2)15-18-37-19-16-28(17-20-37)38(33(40)27-11-7-24(3)8-12-27)22-25-9-13-26(14-10-25)32(39)36-21-29-30(34)5-4-6-31(29)35/h4-14,23,28H,15-22H2,1-3H3,(H,36,39). The van der Waals surface area contributed by atoms with Gasteiger partial charge in [0, 0.05) is 48.9 Å². The van der Waals surface area contributed by atoms with Crippen molar-refractivity contribution in [3.63, 3.8) is 0 Å². The predicted octanol–water partition coefficient (Wildman–Crippen LogP) is 6.36. The fourth-order valence-corrected chi connectivity index (χ4v) is 5.05. The third kappa shape index (κ3) is 7.75. The van der Waals surface area contributed by atoms with E-state index in [1.807, 2.05) is 48.2 Å². The molecule has 1 N–H and O–H groups in total. The summed E-state index contributed by atoms with van der Waals surface area (Å²) >= 11 is 0. The van der Waals surface area contributed by atoms with Gasteiger partial charge in [-0.15, -0.1) is 0 Å². The molecule has 0 unspecified atom stereocenters. The molecule has 3 aromatic rings. The minimum Gasteiger partial charge on any atom is -0.348 e. The normalized spacial score (nSPS) is 14.3. The Morgan fingerprint density at radius 1 is 0.925 bits per heavy atom. The molecule has 0 bridgehead atoms. The lowest BCUT2D eigenvalue weighted by atomic mass is 9.99. The van der Waals surface area contributed by atoms with E-state index in [2.05, 4.69) is 24.1 Å². The molecule has 7 heteroatoms. The van der Waals surface area contributed by atoms with E-state index in [1.54, 1.807) is 12.1 Å². The lowest BCUT2D eigenvalue weighted by molar-refractivity contribution is 0.0546. The van der Waals surface area contributed by atoms with Gasteiger partial charge in [0.15, 0.2) is 0 Å². The van der Waals surface area contributed by atoms with Crippen LogP contribution in [0.15, 0.2) is 66.7 Å². The highest BCUT2D eigenvalue weighted by molar-refractivity contribution is 5.95. The number of halogens is 2. The molecule has 1 aliphatic rings. The maximum atomic E-state index is 13.9. The van der Waals surface area contributed by atoms with Crippen molar-refractivity contribution >= 4 is 11.8 Å². The molecule has 40 heavy (non-hydrogen) atoms. The second-order valence-corrected chi connectivity index (χ2v) is 11.1. The topological polar surface area (TPSA) is 52.7 Å². The lowest BCUT2D eigenvalue weighted by Crippen LogP contribution is -2.47. The van der Waals surface area contributed by atoms with Crippen LogP contribution in [0.25, 0.3) is 0 Å². The maximum Gasteiger partial charge on any atom is 0.254 e. The fourth-order valence-electron chi connectivity index (χ4n) is 5.05. The van der Waals surface area contributed by atoms with Gasteiger partial charge in [0.1, 0.15) is 11.6 Å². The summed E-state index contributed by atoms with van der Waals surface area (Å²) in [7, 11) is 0. The smallest absolute Gasteiger partial charge is 0.254 e. The van der Waals surface area contributed by atoms with Crippen molar-refractivity contribution in [1.29, 1.82) is 0 Å². The second kappa shape index (κ2) is 13.7. The van der Waals surface area contributed by atoms with Gasteiger partial charge in [-0.1, -0.05) is 49.7 Å². The molecule has 0 aliphatic carbocycles. The first-order valence-electron chi connectivity index (χ1n) is 14.1. The molecule has 2 amide bonds. The number of likely N-dealkylation sites (tertiary alicyclic amines) is 1. The monoisotopic (exact) mass is 547 g/mol. The molecule has 5 nitrogen and oxygen atoms in total. The van der Waals surface area contributed by atoms with Crippen LogP contribution in [0.5, 0.6) is 0 Å². The van der Waals surface area contributed by atoms with Crippen LogP contribution in [-0.2, 0) is 13.1 Å². The zero-order valence-electron chi connectivity index (χ0n) is 23.6. The molecule has 1 aliphatic heterocycles. The molecule has 0 spiro atoms. The first kappa shape index (κ1) is 29.4. The van der Waals surface area contributed by atoms with Crippen molar-refractivity contribution in [3.8, 4) is 0 Å². The van der Waals surface area contributed by atoms with Crippen LogP contribution in [0, 0.1) is 24.5 Å². The predicted molar refractivity (Wildman–Crippen MR) is 154 cm³/mol. The van der Waals surface area contributed by atoms with Crippen LogP contribution in [-0.4, -0.2) is 47.3 Å². The van der Waals surface area contributed by atoms with Gasteiger partial charge >= 0.3 is 0 Å². The van der Waals surface area contributed by atoms with Crippen LogP contribution >= 0.6 is 0 Å². The lowest BCUT2D eigenvalue weighted by Gasteiger charge is -2.39. The van der Waals surface area contributed by atoms with E-state index in [4.69, 9.17) is 0 Å². The quantitative estimate of drug-likeness (QED) is 0.322. The first-order valence-corrected chi connectivity index (χ1v) is 14.1. The van der Waals surface area contributed by atoms with Crippen LogP contribution in [0.1, 0.15) is 70.5 Å². The molecule has 1 saturated heterocycles. The van der Waals surface area contributed by atoms with Crippen molar-refractivity contribution in [2.24, 2.45) is 5.92 Å². The Balaban J connectivity index is 1.44. The number of amides is 2. The highest BCUT2D eigenvalue weighted by Crippen LogP contribution is 2.23. The SMILES string of the molecule is Cc1ccc(C(=O)N(Cc2ccc(C(=O)NCc3c(F)cccc3F)cc2)C2CCN(CCC(C)C)CC2)cc1. The number of hydrogen-bond acceptors (Lipinski definition) is 3. The molecule has 0 saturated carbocycles. The summed E-state index contributed by atoms with van der Waals surface area (Å²) in [5.74, 6) is -1.13. The average molecular weight is 548 g/mol. The van der Waals surface area contributed by atoms with E-state index in [0.717, 1.165) is 43.6 Å². The summed E-state index contributed by atoms with van der Waals surface area (Å²) < 4.78 is 27.8. The Morgan fingerprint density at radius 2 is 1.52 bits per heavy atom. The van der Waals surface area contributed by atoms with Crippen molar-refractivity contribution < 1.29 is 18.4 Å². The van der Waals surface area contributed by atoms with Crippen molar-refractivity contribution in [2.45, 2.75) is 59.2 Å². The minimum atomic E-state index is -0.695. The molecule has 0 atom stereocenters. The highest BCUT2D eigenvalue weighted by Gasteiger charge is 2.29. The van der Waals surface area contributed by atoms with Gasteiger partial charge in [-0.25, -0.2) is 8.78 Å². The maximum absolute atomic E-state index is 13.9. The van der Waals surface area contributed by atoms with E-state index in [0.29, 0.717) is 23.6 Å². The summed E-state index contributed by atoms with van der Waals surface area (Å²) in [6.45, 7) is 9.71. The van der Waals surface area contributed by atoms with Crippen molar-refractivity contribution in [2.75, 3.05) is 19.6 Å². The number of nitrogens with one attached hydrogen (secondary N) is 1. The summed E-state index contributed by atoms with van der Waals surface area (Å²) in [5, 5.41) is 2.59. The molecule has 4 rings (SSSR count). The number of piperidine rings is 1. The van der Waals surface area contributed by atoms with Crippen molar-refractivity contribution in [3.05, 3.63) is 106 Å². The third-order valence-electron chi connectivity index (χ3n) is 7.64. The number of aryl methyl sites for hydroxylation is 1. The molecular weight excluding hydrogens is 508 g/mol. The Hall–Kier alpha value is -3.58. The van der Waals surface area contributed by atoms with Gasteiger partial charge in [-0.2, -0.15) is 0 Å². The third-order valence-corrected chi connectivity index (χ3v) is 7.64. The van der Waals surface area contributed by atoms with Gasteiger partial charge in [0.2, 0.25) is 0 Å². The molecule has 1 fully saturated rings. The fraction of sp³-hybridized carbons (Fsp3) is 0.394. The zero-order chi connectivity index (χ0) is 28.6. The van der Waals surface area contributed by atoms with Crippen LogP contribution in [0.4, 0.5) is 8.78 Å². The summed E-state index contributed by atoms with van der Waals surface area (Å²) in [6, 6.07) is 18.5. The van der Waals surface area contributed by atoms with Crippen LogP contribution < -0.4 is 5.32 Å². The van der Waals surface area contributed by atoms with E-state index in [9.17, 15) is 18.4 Å². The number of hydrogen-bond donors (Lipinski definition) is 1. The van der Waals surface area contributed by atoms with Gasteiger partial charge in [-0.3, -0.25) is 9.59 Å². The minimum absolute atomic E-state index is 0.00867. The number of benzene rings is 3. The Morgan fingerprint density at radius 3 is 2.12 bits per heavy atom. The van der Waals surface area contributed by atoms with Crippen LogP contribution in [0.3, 0.4) is 0 Å². The molecule has 1 heterocycles. The molecule has 0 radical (unpaired) electrons. The number of carbonyl (C=O) groups excluding carboxylic acids is 2. The van der Waals surface area contributed by atoms with Gasteiger partial charge < -0.3 is 15.1 Å². The molecule has 212 valence electrons. The van der Waals surface area contributed by atoms with Gasteiger partial charge in [0.05, 0.1) is 0 Å². The van der Waals surface area contributed by atoms with E-state index in [1.165, 1.54) is 24.6 Å². The molecule has 3 aromatic carbocycles. The van der Waals surface area contributed by atoms with E-state index < -0.39 is 17.5 Å². The van der Waals surface area contributed by atoms with E-state index in [-0.39, 0.29) is 24.1 Å². The zero-order valence-corrected chi connectivity index (χ0v) is 23.6. The number of rotatable bonds is 10. The summed E-state index contributed by atoms with van der Waals surface area (Å²) in [6.07, 6.45) is 3.01. The van der Waals surface area contributed by atoms with Crippen molar-refractivity contribution in [1.82, 2.24) is 15.1 Å². The van der Waals surface area contributed by atoms with Gasteiger partial charge in [-0.05, 0) is 80.6 Å². The summed E-state index contributed by atoms with van der Waals surface area (Å²) in [5.41, 5.74) is 2.90. The number of nitrogens with zero attached hydrogens (tertiary/aromatic N) is 2. The molecular formula is C33H39F2N3O2. The Kier molecular flexibility index (Phi) is 10.0. The first-order chi connectivity index (χ1) is 19.2. The highest BCUT2D eigenvalue weighted by atomic mass is 19.1. The Bertz CT molecular complexity index is 1260.